The molecule has 13 nitrogen and oxygen atoms in total. The molecular formula is C37H62N6O7. The van der Waals surface area contributed by atoms with Crippen molar-refractivity contribution in [2.24, 2.45) is 23.5 Å². The predicted molar refractivity (Wildman–Crippen MR) is 193 cm³/mol. The Hall–Kier alpha value is -3.55. The van der Waals surface area contributed by atoms with Gasteiger partial charge in [-0.05, 0) is 44.3 Å². The number of carbonyl (C=O) groups excluding carboxylic acids is 5. The van der Waals surface area contributed by atoms with E-state index in [1.807, 2.05) is 77.0 Å². The van der Waals surface area contributed by atoms with Crippen LogP contribution in [0.1, 0.15) is 65.9 Å². The van der Waals surface area contributed by atoms with Gasteiger partial charge in [0.1, 0.15) is 6.04 Å². The molecule has 1 fully saturated rings. The van der Waals surface area contributed by atoms with E-state index in [9.17, 15) is 24.0 Å². The van der Waals surface area contributed by atoms with E-state index in [2.05, 4.69) is 10.6 Å². The van der Waals surface area contributed by atoms with Crippen LogP contribution in [-0.2, 0) is 39.9 Å². The molecule has 50 heavy (non-hydrogen) atoms. The lowest BCUT2D eigenvalue weighted by Gasteiger charge is -2.39. The standard InChI is InChI=1S/C37H62N6O7/c1-11-24(4)33(42(8)31(45)22-39-37(48)32(23(2)3)41(6)7)29(49-9)21-30(44)43-19-15-18-28(43)34(50-10)25(5)36(47)40-27(35(38)46)20-26-16-13-12-14-17-26/h12-14,16-17,23-25,27-29,32-34H,11,15,18-22H2,1-10H3,(H2,38,46)(H,39,48)(H,40,47). The first-order valence-corrected chi connectivity index (χ1v) is 17.8. The van der Waals surface area contributed by atoms with Crippen LogP contribution in [0.3, 0.4) is 0 Å². The number of nitrogens with zero attached hydrogens (tertiary/aromatic N) is 3. The van der Waals surface area contributed by atoms with Crippen LogP contribution in [0.4, 0.5) is 0 Å². The fourth-order valence-electron chi connectivity index (χ4n) is 7.23. The van der Waals surface area contributed by atoms with Gasteiger partial charge in [-0.25, -0.2) is 0 Å². The number of benzene rings is 1. The summed E-state index contributed by atoms with van der Waals surface area (Å²) in [5.74, 6) is -2.33. The summed E-state index contributed by atoms with van der Waals surface area (Å²) in [6, 6.07) is 7.22. The van der Waals surface area contributed by atoms with Crippen molar-refractivity contribution >= 4 is 29.5 Å². The Morgan fingerprint density at radius 1 is 0.980 bits per heavy atom. The third-order valence-corrected chi connectivity index (χ3v) is 10.1. The summed E-state index contributed by atoms with van der Waals surface area (Å²) in [4.78, 5) is 71.2. The Kier molecular flexibility index (Phi) is 17.3. The second-order valence-corrected chi connectivity index (χ2v) is 14.2. The van der Waals surface area contributed by atoms with Crippen LogP contribution in [0.2, 0.25) is 0 Å². The molecule has 1 aliphatic heterocycles. The zero-order valence-corrected chi connectivity index (χ0v) is 31.8. The van der Waals surface area contributed by atoms with E-state index in [-0.39, 0.29) is 66.9 Å². The first-order chi connectivity index (χ1) is 23.6. The molecule has 13 heteroatoms. The van der Waals surface area contributed by atoms with Crippen LogP contribution in [-0.4, -0.2) is 129 Å². The summed E-state index contributed by atoms with van der Waals surface area (Å²) in [6.45, 7) is 9.99. The summed E-state index contributed by atoms with van der Waals surface area (Å²) in [6.07, 6.45) is 1.12. The highest BCUT2D eigenvalue weighted by atomic mass is 16.5. The molecule has 8 atom stereocenters. The molecule has 8 unspecified atom stereocenters. The maximum Gasteiger partial charge on any atom is 0.242 e. The number of carbonyl (C=O) groups is 5. The van der Waals surface area contributed by atoms with Gasteiger partial charge < -0.3 is 35.6 Å². The van der Waals surface area contributed by atoms with Crippen molar-refractivity contribution in [1.82, 2.24) is 25.3 Å². The molecule has 1 heterocycles. The Bertz CT molecular complexity index is 1250. The van der Waals surface area contributed by atoms with Crippen LogP contribution in [0.5, 0.6) is 0 Å². The number of likely N-dealkylation sites (tertiary alicyclic amines) is 1. The molecule has 0 aliphatic carbocycles. The Morgan fingerprint density at radius 2 is 1.62 bits per heavy atom. The molecule has 1 aromatic rings. The van der Waals surface area contributed by atoms with E-state index in [4.69, 9.17) is 15.2 Å². The van der Waals surface area contributed by atoms with Gasteiger partial charge in [-0.1, -0.05) is 71.4 Å². The highest BCUT2D eigenvalue weighted by Gasteiger charge is 2.42. The van der Waals surface area contributed by atoms with Gasteiger partial charge in [0, 0.05) is 34.2 Å². The third-order valence-electron chi connectivity index (χ3n) is 10.1. The molecule has 1 saturated heterocycles. The van der Waals surface area contributed by atoms with Crippen molar-refractivity contribution in [1.29, 1.82) is 0 Å². The van der Waals surface area contributed by atoms with Crippen LogP contribution >= 0.6 is 0 Å². The summed E-state index contributed by atoms with van der Waals surface area (Å²) in [7, 11) is 8.40. The van der Waals surface area contributed by atoms with Crippen molar-refractivity contribution in [2.75, 3.05) is 48.5 Å². The van der Waals surface area contributed by atoms with Gasteiger partial charge in [0.15, 0.2) is 0 Å². The van der Waals surface area contributed by atoms with E-state index in [0.717, 1.165) is 18.4 Å². The average Bonchev–Trinajstić information content (AvgIpc) is 3.56. The smallest absolute Gasteiger partial charge is 0.242 e. The topological polar surface area (TPSA) is 164 Å². The van der Waals surface area contributed by atoms with Crippen molar-refractivity contribution in [3.05, 3.63) is 35.9 Å². The Morgan fingerprint density at radius 3 is 2.14 bits per heavy atom. The summed E-state index contributed by atoms with van der Waals surface area (Å²) in [5, 5.41) is 5.59. The van der Waals surface area contributed by atoms with Gasteiger partial charge in [0.25, 0.3) is 0 Å². The van der Waals surface area contributed by atoms with Crippen LogP contribution < -0.4 is 16.4 Å². The fraction of sp³-hybridized carbons (Fsp3) is 0.703. The number of hydrogen-bond acceptors (Lipinski definition) is 8. The zero-order valence-electron chi connectivity index (χ0n) is 31.8. The van der Waals surface area contributed by atoms with Gasteiger partial charge >= 0.3 is 0 Å². The number of ether oxygens (including phenoxy) is 2. The van der Waals surface area contributed by atoms with Gasteiger partial charge in [-0.2, -0.15) is 0 Å². The molecule has 282 valence electrons. The monoisotopic (exact) mass is 702 g/mol. The van der Waals surface area contributed by atoms with Gasteiger partial charge in [-0.15, -0.1) is 0 Å². The molecule has 0 radical (unpaired) electrons. The minimum Gasteiger partial charge on any atom is -0.379 e. The van der Waals surface area contributed by atoms with Gasteiger partial charge in [0.05, 0.1) is 49.2 Å². The number of rotatable bonds is 20. The largest absolute Gasteiger partial charge is 0.379 e. The molecule has 0 saturated carbocycles. The second-order valence-electron chi connectivity index (χ2n) is 14.2. The van der Waals surface area contributed by atoms with E-state index < -0.39 is 36.1 Å². The van der Waals surface area contributed by atoms with Crippen LogP contribution in [0.25, 0.3) is 0 Å². The normalized spacial score (nSPS) is 18.9. The molecule has 0 aromatic heterocycles. The van der Waals surface area contributed by atoms with Gasteiger partial charge in [-0.3, -0.25) is 28.9 Å². The molecule has 4 N–H and O–H groups in total. The number of amides is 5. The SMILES string of the molecule is CCC(C)C(C(CC(=O)N1CCCC1C(OC)C(C)C(=O)NC(Cc1ccccc1)C(N)=O)OC)N(C)C(=O)CNC(=O)C(C(C)C)N(C)C. The Labute approximate surface area is 298 Å². The van der Waals surface area contributed by atoms with Crippen molar-refractivity contribution in [3.8, 4) is 0 Å². The van der Waals surface area contributed by atoms with Crippen LogP contribution in [0, 0.1) is 17.8 Å². The van der Waals surface area contributed by atoms with E-state index in [0.29, 0.717) is 13.0 Å². The average molecular weight is 703 g/mol. The lowest BCUT2D eigenvalue weighted by molar-refractivity contribution is -0.146. The first kappa shape index (κ1) is 42.6. The maximum atomic E-state index is 14.0. The number of nitrogens with one attached hydrogen (secondary N) is 2. The van der Waals surface area contributed by atoms with Crippen LogP contribution in [0.15, 0.2) is 30.3 Å². The molecule has 2 rings (SSSR count). The molecule has 5 amide bonds. The van der Waals surface area contributed by atoms with E-state index in [1.54, 1.807) is 23.8 Å². The van der Waals surface area contributed by atoms with E-state index in [1.165, 1.54) is 14.2 Å². The second kappa shape index (κ2) is 20.3. The number of methoxy groups -OCH3 is 2. The van der Waals surface area contributed by atoms with Crippen molar-refractivity contribution in [2.45, 2.75) is 103 Å². The minimum atomic E-state index is -0.899. The first-order valence-electron chi connectivity index (χ1n) is 17.8. The molecular weight excluding hydrogens is 640 g/mol. The molecule has 1 aliphatic rings. The lowest BCUT2D eigenvalue weighted by Crippen LogP contribution is -2.55. The number of nitrogens with two attached hydrogens (primary N) is 1. The number of hydrogen-bond donors (Lipinski definition) is 3. The zero-order chi connectivity index (χ0) is 37.7. The van der Waals surface area contributed by atoms with Gasteiger partial charge in [0.2, 0.25) is 29.5 Å². The van der Waals surface area contributed by atoms with Crippen molar-refractivity contribution in [3.63, 3.8) is 0 Å². The molecule has 0 bridgehead atoms. The highest BCUT2D eigenvalue weighted by molar-refractivity contribution is 5.88. The predicted octanol–water partition coefficient (Wildman–Crippen LogP) is 1.82. The highest BCUT2D eigenvalue weighted by Crippen LogP contribution is 2.29. The summed E-state index contributed by atoms with van der Waals surface area (Å²) >= 11 is 0. The number of primary amides is 1. The molecule has 1 aromatic carbocycles. The fourth-order valence-corrected chi connectivity index (χ4v) is 7.23. The Balaban J connectivity index is 2.17. The number of likely N-dealkylation sites (N-methyl/N-ethyl adjacent to an activating group) is 2. The van der Waals surface area contributed by atoms with Crippen molar-refractivity contribution < 1.29 is 33.4 Å². The quantitative estimate of drug-likeness (QED) is 0.185. The molecule has 0 spiro atoms. The van der Waals surface area contributed by atoms with E-state index >= 15 is 0 Å². The maximum absolute atomic E-state index is 14.0. The summed E-state index contributed by atoms with van der Waals surface area (Å²) < 4.78 is 11.8. The summed E-state index contributed by atoms with van der Waals surface area (Å²) in [5.41, 5.74) is 6.51. The minimum absolute atomic E-state index is 0.0125. The lowest BCUT2D eigenvalue weighted by atomic mass is 9.90. The third kappa shape index (κ3) is 11.5.